The summed E-state index contributed by atoms with van der Waals surface area (Å²) < 4.78 is 0. The van der Waals surface area contributed by atoms with Crippen LogP contribution < -0.4 is 0 Å². The highest BCUT2D eigenvalue weighted by Gasteiger charge is 2.06. The van der Waals surface area contributed by atoms with E-state index in [1.54, 1.807) is 0 Å². The van der Waals surface area contributed by atoms with Crippen molar-refractivity contribution in [1.82, 2.24) is 4.98 Å². The van der Waals surface area contributed by atoms with Gasteiger partial charge in [0.1, 0.15) is 0 Å². The maximum Gasteiger partial charge on any atom is 0.0750 e. The van der Waals surface area contributed by atoms with Gasteiger partial charge in [0.25, 0.3) is 0 Å². The van der Waals surface area contributed by atoms with Gasteiger partial charge < -0.3 is 0 Å². The summed E-state index contributed by atoms with van der Waals surface area (Å²) in [6.07, 6.45) is 0. The minimum atomic E-state index is 0.833. The molecule has 0 radical (unpaired) electrons. The standard InChI is InChI=1S/C15H11Br2N/c16-8-12-5-1-3-10-7-11-4-2-6-13(9-17)15(11)18-14(10)12/h1-7H,8-9H2. The lowest BCUT2D eigenvalue weighted by atomic mass is 10.1. The fourth-order valence-electron chi connectivity index (χ4n) is 2.22. The Bertz CT molecular complexity index is 663. The van der Waals surface area contributed by atoms with Crippen LogP contribution in [0.3, 0.4) is 0 Å². The zero-order chi connectivity index (χ0) is 12.5. The minimum absolute atomic E-state index is 0.833. The summed E-state index contributed by atoms with van der Waals surface area (Å²) in [5, 5.41) is 4.07. The van der Waals surface area contributed by atoms with Crippen LogP contribution in [-0.4, -0.2) is 4.98 Å². The highest BCUT2D eigenvalue weighted by atomic mass is 79.9. The molecule has 2 aromatic carbocycles. The normalized spacial score (nSPS) is 11.2. The first kappa shape index (κ1) is 12.1. The SMILES string of the molecule is BrCc1cccc2cc3cccc(CBr)c3nc12. The second-order valence-electron chi connectivity index (χ2n) is 4.23. The van der Waals surface area contributed by atoms with E-state index in [0.29, 0.717) is 0 Å². The monoisotopic (exact) mass is 363 g/mol. The van der Waals surface area contributed by atoms with Crippen LogP contribution in [0.4, 0.5) is 0 Å². The third kappa shape index (κ3) is 1.95. The molecule has 0 fully saturated rings. The first-order valence-corrected chi connectivity index (χ1v) is 8.00. The second-order valence-corrected chi connectivity index (χ2v) is 5.35. The summed E-state index contributed by atoms with van der Waals surface area (Å²) >= 11 is 7.06. The van der Waals surface area contributed by atoms with E-state index >= 15 is 0 Å². The molecule has 0 N–H and O–H groups in total. The molecule has 0 aliphatic carbocycles. The van der Waals surface area contributed by atoms with E-state index < -0.39 is 0 Å². The number of benzene rings is 2. The molecular formula is C15H11Br2N. The fourth-order valence-corrected chi connectivity index (χ4v) is 3.13. The molecule has 3 heteroatoms. The van der Waals surface area contributed by atoms with Crippen LogP contribution >= 0.6 is 31.9 Å². The summed E-state index contributed by atoms with van der Waals surface area (Å²) in [4.78, 5) is 4.86. The van der Waals surface area contributed by atoms with Crippen LogP contribution in [0.2, 0.25) is 0 Å². The number of hydrogen-bond acceptors (Lipinski definition) is 1. The number of pyridine rings is 1. The van der Waals surface area contributed by atoms with Gasteiger partial charge in [0.15, 0.2) is 0 Å². The molecule has 3 rings (SSSR count). The topological polar surface area (TPSA) is 12.9 Å². The molecule has 1 nitrogen and oxygen atoms in total. The van der Waals surface area contributed by atoms with E-state index in [-0.39, 0.29) is 0 Å². The molecular weight excluding hydrogens is 354 g/mol. The largest absolute Gasteiger partial charge is 0.247 e. The van der Waals surface area contributed by atoms with Gasteiger partial charge >= 0.3 is 0 Å². The zero-order valence-corrected chi connectivity index (χ0v) is 12.8. The van der Waals surface area contributed by atoms with E-state index in [9.17, 15) is 0 Å². The predicted molar refractivity (Wildman–Crippen MR) is 84.5 cm³/mol. The second kappa shape index (κ2) is 4.98. The summed E-state index contributed by atoms with van der Waals surface area (Å²) in [5.41, 5.74) is 4.66. The van der Waals surface area contributed by atoms with Crippen molar-refractivity contribution in [2.75, 3.05) is 0 Å². The van der Waals surface area contributed by atoms with Crippen LogP contribution in [0.15, 0.2) is 42.5 Å². The Kier molecular flexibility index (Phi) is 3.35. The number of fused-ring (bicyclic) bond motifs is 2. The minimum Gasteiger partial charge on any atom is -0.247 e. The zero-order valence-electron chi connectivity index (χ0n) is 9.66. The third-order valence-electron chi connectivity index (χ3n) is 3.12. The molecule has 0 aliphatic heterocycles. The van der Waals surface area contributed by atoms with Crippen molar-refractivity contribution in [2.24, 2.45) is 0 Å². The molecule has 18 heavy (non-hydrogen) atoms. The lowest BCUT2D eigenvalue weighted by Crippen LogP contribution is -1.90. The predicted octanol–water partition coefficient (Wildman–Crippen LogP) is 5.18. The van der Waals surface area contributed by atoms with Crippen LogP contribution in [0.1, 0.15) is 11.1 Å². The molecule has 0 aliphatic rings. The van der Waals surface area contributed by atoms with Gasteiger partial charge in [-0.3, -0.25) is 0 Å². The smallest absolute Gasteiger partial charge is 0.0750 e. The Balaban J connectivity index is 2.44. The number of rotatable bonds is 2. The first-order valence-electron chi connectivity index (χ1n) is 5.75. The molecule has 0 saturated carbocycles. The lowest BCUT2D eigenvalue weighted by molar-refractivity contribution is 1.37. The average molecular weight is 365 g/mol. The van der Waals surface area contributed by atoms with Gasteiger partial charge in [0, 0.05) is 21.4 Å². The Morgan fingerprint density at radius 1 is 0.778 bits per heavy atom. The molecule has 0 spiro atoms. The van der Waals surface area contributed by atoms with Crippen molar-refractivity contribution in [2.45, 2.75) is 10.7 Å². The molecule has 90 valence electrons. The van der Waals surface area contributed by atoms with Gasteiger partial charge in [0.05, 0.1) is 11.0 Å². The van der Waals surface area contributed by atoms with Crippen LogP contribution in [-0.2, 0) is 10.7 Å². The maximum atomic E-state index is 4.86. The molecule has 0 amide bonds. The van der Waals surface area contributed by atoms with E-state index in [1.165, 1.54) is 21.9 Å². The van der Waals surface area contributed by atoms with Gasteiger partial charge in [0.2, 0.25) is 0 Å². The molecule has 0 unspecified atom stereocenters. The van der Waals surface area contributed by atoms with Gasteiger partial charge in [-0.1, -0.05) is 68.3 Å². The highest BCUT2D eigenvalue weighted by molar-refractivity contribution is 9.08. The lowest BCUT2D eigenvalue weighted by Gasteiger charge is -2.07. The Labute approximate surface area is 122 Å². The van der Waals surface area contributed by atoms with Crippen molar-refractivity contribution in [3.63, 3.8) is 0 Å². The third-order valence-corrected chi connectivity index (χ3v) is 4.33. The maximum absolute atomic E-state index is 4.86. The first-order chi connectivity index (χ1) is 8.83. The van der Waals surface area contributed by atoms with Gasteiger partial charge in [-0.15, -0.1) is 0 Å². The van der Waals surface area contributed by atoms with Gasteiger partial charge in [-0.25, -0.2) is 4.98 Å². The summed E-state index contributed by atoms with van der Waals surface area (Å²) in [6.45, 7) is 0. The number of para-hydroxylation sites is 2. The highest BCUT2D eigenvalue weighted by Crippen LogP contribution is 2.26. The summed E-state index contributed by atoms with van der Waals surface area (Å²) in [7, 11) is 0. The quantitative estimate of drug-likeness (QED) is 0.451. The molecule has 0 atom stereocenters. The summed E-state index contributed by atoms with van der Waals surface area (Å²) in [6, 6.07) is 14.9. The van der Waals surface area contributed by atoms with E-state index in [0.717, 1.165) is 21.7 Å². The molecule has 1 aromatic heterocycles. The number of nitrogens with zero attached hydrogens (tertiary/aromatic N) is 1. The van der Waals surface area contributed by atoms with Crippen LogP contribution in [0.5, 0.6) is 0 Å². The Morgan fingerprint density at radius 3 is 1.72 bits per heavy atom. The van der Waals surface area contributed by atoms with Crippen molar-refractivity contribution in [3.05, 3.63) is 53.6 Å². The van der Waals surface area contributed by atoms with Gasteiger partial charge in [-0.05, 0) is 17.2 Å². The van der Waals surface area contributed by atoms with E-state index in [2.05, 4.69) is 74.3 Å². The number of hydrogen-bond donors (Lipinski definition) is 0. The fraction of sp³-hybridized carbons (Fsp3) is 0.133. The van der Waals surface area contributed by atoms with Crippen LogP contribution in [0.25, 0.3) is 21.8 Å². The number of halogens is 2. The van der Waals surface area contributed by atoms with E-state index in [1.807, 2.05) is 0 Å². The Hall–Kier alpha value is -0.930. The molecule has 0 saturated heterocycles. The summed E-state index contributed by atoms with van der Waals surface area (Å²) in [5.74, 6) is 0. The molecule has 1 heterocycles. The van der Waals surface area contributed by atoms with Crippen LogP contribution in [0, 0.1) is 0 Å². The number of alkyl halides is 2. The molecule has 0 bridgehead atoms. The van der Waals surface area contributed by atoms with Crippen molar-refractivity contribution >= 4 is 53.7 Å². The van der Waals surface area contributed by atoms with Crippen molar-refractivity contribution < 1.29 is 0 Å². The van der Waals surface area contributed by atoms with Crippen molar-refractivity contribution in [3.8, 4) is 0 Å². The van der Waals surface area contributed by atoms with E-state index in [4.69, 9.17) is 4.98 Å². The average Bonchev–Trinajstić information content (AvgIpc) is 2.43. The van der Waals surface area contributed by atoms with Crippen molar-refractivity contribution in [1.29, 1.82) is 0 Å². The van der Waals surface area contributed by atoms with Gasteiger partial charge in [-0.2, -0.15) is 0 Å². The Morgan fingerprint density at radius 2 is 1.28 bits per heavy atom. The number of aromatic nitrogens is 1. The molecule has 3 aromatic rings.